The Balaban J connectivity index is 1.88. The van der Waals surface area contributed by atoms with Crippen LogP contribution in [0, 0.1) is 0 Å². The Labute approximate surface area is 110 Å². The number of aromatic nitrogens is 3. The molecule has 0 saturated heterocycles. The second kappa shape index (κ2) is 4.89. The number of ether oxygens (including phenoxy) is 1. The highest BCUT2D eigenvalue weighted by atomic mass is 16.5. The second-order valence-corrected chi connectivity index (χ2v) is 4.02. The maximum absolute atomic E-state index is 5.69. The summed E-state index contributed by atoms with van der Waals surface area (Å²) >= 11 is 0. The van der Waals surface area contributed by atoms with Crippen LogP contribution in [0.5, 0.6) is 5.88 Å². The molecule has 0 aliphatic carbocycles. The Kier molecular flexibility index (Phi) is 2.94. The first-order valence-electron chi connectivity index (χ1n) is 5.86. The van der Waals surface area contributed by atoms with E-state index in [9.17, 15) is 0 Å². The van der Waals surface area contributed by atoms with E-state index in [1.165, 1.54) is 6.20 Å². The fourth-order valence-electron chi connectivity index (χ4n) is 1.87. The van der Waals surface area contributed by atoms with E-state index in [2.05, 4.69) is 15.0 Å². The number of nitrogen functional groups attached to an aromatic ring is 1. The summed E-state index contributed by atoms with van der Waals surface area (Å²) in [7, 11) is 0. The summed E-state index contributed by atoms with van der Waals surface area (Å²) in [4.78, 5) is 12.3. The molecule has 1 aromatic carbocycles. The van der Waals surface area contributed by atoms with Gasteiger partial charge in [0.2, 0.25) is 0 Å². The van der Waals surface area contributed by atoms with Crippen LogP contribution in [-0.2, 0) is 6.61 Å². The number of nitrogens with two attached hydrogens (primary N) is 1. The smallest absolute Gasteiger partial charge is 0.257 e. The first-order chi connectivity index (χ1) is 9.34. The standard InChI is InChI=1S/C14H12N4O/c15-13-14(18-8-7-17-13)19-9-10-5-6-16-12-4-2-1-3-11(10)12/h1-8H,9H2,(H2,15,17). The fraction of sp³-hybridized carbons (Fsp3) is 0.0714. The topological polar surface area (TPSA) is 73.9 Å². The molecule has 19 heavy (non-hydrogen) atoms. The minimum atomic E-state index is 0.292. The third-order valence-electron chi connectivity index (χ3n) is 2.79. The van der Waals surface area contributed by atoms with Gasteiger partial charge in [0.25, 0.3) is 5.88 Å². The van der Waals surface area contributed by atoms with Crippen LogP contribution in [-0.4, -0.2) is 15.0 Å². The zero-order valence-corrected chi connectivity index (χ0v) is 10.2. The lowest BCUT2D eigenvalue weighted by Gasteiger charge is -2.08. The summed E-state index contributed by atoms with van der Waals surface area (Å²) in [6, 6.07) is 9.84. The average Bonchev–Trinajstić information content (AvgIpc) is 2.46. The van der Waals surface area contributed by atoms with E-state index >= 15 is 0 Å². The number of fused-ring (bicyclic) bond motifs is 1. The third kappa shape index (κ3) is 2.30. The van der Waals surface area contributed by atoms with Crippen LogP contribution in [0.3, 0.4) is 0 Å². The van der Waals surface area contributed by atoms with E-state index in [0.29, 0.717) is 18.3 Å². The van der Waals surface area contributed by atoms with Crippen molar-refractivity contribution in [3.05, 3.63) is 54.5 Å². The first-order valence-corrected chi connectivity index (χ1v) is 5.86. The zero-order valence-electron chi connectivity index (χ0n) is 10.2. The monoisotopic (exact) mass is 252 g/mol. The normalized spacial score (nSPS) is 10.5. The van der Waals surface area contributed by atoms with Crippen molar-refractivity contribution in [2.45, 2.75) is 6.61 Å². The van der Waals surface area contributed by atoms with Crippen molar-refractivity contribution >= 4 is 16.7 Å². The summed E-state index contributed by atoms with van der Waals surface area (Å²) < 4.78 is 5.60. The number of hydrogen-bond donors (Lipinski definition) is 1. The summed E-state index contributed by atoms with van der Waals surface area (Å²) in [5.74, 6) is 0.643. The number of anilines is 1. The lowest BCUT2D eigenvalue weighted by atomic mass is 10.1. The molecule has 0 saturated carbocycles. The van der Waals surface area contributed by atoms with Gasteiger partial charge in [-0.15, -0.1) is 0 Å². The summed E-state index contributed by atoms with van der Waals surface area (Å²) in [6.45, 7) is 0.381. The van der Waals surface area contributed by atoms with Crippen LogP contribution in [0.2, 0.25) is 0 Å². The SMILES string of the molecule is Nc1nccnc1OCc1ccnc2ccccc12. The predicted octanol–water partition coefficient (Wildman–Crippen LogP) is 2.19. The summed E-state index contributed by atoms with van der Waals surface area (Å²) in [6.07, 6.45) is 4.85. The number of rotatable bonds is 3. The summed E-state index contributed by atoms with van der Waals surface area (Å²) in [5.41, 5.74) is 7.66. The minimum Gasteiger partial charge on any atom is -0.470 e. The average molecular weight is 252 g/mol. The third-order valence-corrected chi connectivity index (χ3v) is 2.79. The quantitative estimate of drug-likeness (QED) is 0.773. The molecule has 2 heterocycles. The van der Waals surface area contributed by atoms with Crippen LogP contribution in [0.15, 0.2) is 48.9 Å². The molecule has 2 aromatic heterocycles. The Hall–Kier alpha value is -2.69. The lowest BCUT2D eigenvalue weighted by molar-refractivity contribution is 0.296. The van der Waals surface area contributed by atoms with Crippen molar-refractivity contribution in [1.82, 2.24) is 15.0 Å². The molecular weight excluding hydrogens is 240 g/mol. The van der Waals surface area contributed by atoms with Crippen LogP contribution < -0.4 is 10.5 Å². The molecule has 0 spiro atoms. The number of pyridine rings is 1. The number of hydrogen-bond acceptors (Lipinski definition) is 5. The number of nitrogens with zero attached hydrogens (tertiary/aromatic N) is 3. The van der Waals surface area contributed by atoms with E-state index < -0.39 is 0 Å². The largest absolute Gasteiger partial charge is 0.470 e. The molecule has 0 atom stereocenters. The number of benzene rings is 1. The van der Waals surface area contributed by atoms with E-state index in [1.807, 2.05) is 30.3 Å². The lowest BCUT2D eigenvalue weighted by Crippen LogP contribution is -2.02. The minimum absolute atomic E-state index is 0.292. The van der Waals surface area contributed by atoms with E-state index in [1.54, 1.807) is 12.4 Å². The molecule has 0 radical (unpaired) electrons. The molecular formula is C14H12N4O. The van der Waals surface area contributed by atoms with Gasteiger partial charge in [0.15, 0.2) is 5.82 Å². The second-order valence-electron chi connectivity index (χ2n) is 4.02. The number of para-hydroxylation sites is 1. The molecule has 0 unspecified atom stereocenters. The highest BCUT2D eigenvalue weighted by Crippen LogP contribution is 2.19. The van der Waals surface area contributed by atoms with Crippen molar-refractivity contribution in [1.29, 1.82) is 0 Å². The zero-order chi connectivity index (χ0) is 13.1. The Bertz CT molecular complexity index is 709. The molecule has 0 amide bonds. The van der Waals surface area contributed by atoms with Crippen molar-refractivity contribution in [3.8, 4) is 5.88 Å². The molecule has 5 heteroatoms. The molecule has 3 aromatic rings. The van der Waals surface area contributed by atoms with E-state index in [-0.39, 0.29) is 0 Å². The Morgan fingerprint density at radius 1 is 0.947 bits per heavy atom. The van der Waals surface area contributed by atoms with Gasteiger partial charge in [-0.25, -0.2) is 9.97 Å². The van der Waals surface area contributed by atoms with Crippen LogP contribution in [0.25, 0.3) is 10.9 Å². The van der Waals surface area contributed by atoms with E-state index in [4.69, 9.17) is 10.5 Å². The molecule has 94 valence electrons. The van der Waals surface area contributed by atoms with Crippen molar-refractivity contribution in [3.63, 3.8) is 0 Å². The van der Waals surface area contributed by atoms with Crippen molar-refractivity contribution in [2.75, 3.05) is 5.73 Å². The van der Waals surface area contributed by atoms with Gasteiger partial charge in [0.05, 0.1) is 5.52 Å². The van der Waals surface area contributed by atoms with Crippen molar-refractivity contribution in [2.24, 2.45) is 0 Å². The van der Waals surface area contributed by atoms with Gasteiger partial charge in [0, 0.05) is 29.5 Å². The van der Waals surface area contributed by atoms with Gasteiger partial charge in [-0.05, 0) is 12.1 Å². The molecule has 2 N–H and O–H groups in total. The molecule has 0 fully saturated rings. The molecule has 0 aliphatic rings. The molecule has 3 rings (SSSR count). The van der Waals surface area contributed by atoms with Gasteiger partial charge in [-0.3, -0.25) is 4.98 Å². The fourth-order valence-corrected chi connectivity index (χ4v) is 1.87. The van der Waals surface area contributed by atoms with Crippen molar-refractivity contribution < 1.29 is 4.74 Å². The van der Waals surface area contributed by atoms with Crippen LogP contribution in [0.1, 0.15) is 5.56 Å². The maximum atomic E-state index is 5.69. The van der Waals surface area contributed by atoms with Gasteiger partial charge in [0.1, 0.15) is 6.61 Å². The van der Waals surface area contributed by atoms with Gasteiger partial charge in [-0.1, -0.05) is 18.2 Å². The summed E-state index contributed by atoms with van der Waals surface area (Å²) in [5, 5.41) is 1.06. The molecule has 0 aliphatic heterocycles. The predicted molar refractivity (Wildman–Crippen MR) is 72.5 cm³/mol. The van der Waals surface area contributed by atoms with Crippen LogP contribution in [0.4, 0.5) is 5.82 Å². The van der Waals surface area contributed by atoms with E-state index in [0.717, 1.165) is 16.5 Å². The van der Waals surface area contributed by atoms with Gasteiger partial charge >= 0.3 is 0 Å². The van der Waals surface area contributed by atoms with Crippen LogP contribution >= 0.6 is 0 Å². The van der Waals surface area contributed by atoms with Gasteiger partial charge in [-0.2, -0.15) is 0 Å². The molecule has 0 bridgehead atoms. The Morgan fingerprint density at radius 2 is 1.79 bits per heavy atom. The highest BCUT2D eigenvalue weighted by Gasteiger charge is 2.05. The van der Waals surface area contributed by atoms with Gasteiger partial charge < -0.3 is 10.5 Å². The first kappa shape index (κ1) is 11.4. The Morgan fingerprint density at radius 3 is 2.68 bits per heavy atom. The highest BCUT2D eigenvalue weighted by molar-refractivity contribution is 5.81. The maximum Gasteiger partial charge on any atom is 0.257 e. The molecule has 5 nitrogen and oxygen atoms in total.